The number of carbonyl (C=O) groups is 2. The fourth-order valence-electron chi connectivity index (χ4n) is 2.17. The highest BCUT2D eigenvalue weighted by atomic mass is 16.2. The Morgan fingerprint density at radius 1 is 1.39 bits per heavy atom. The number of pyridine rings is 1. The first kappa shape index (κ1) is 12.7. The number of aromatic nitrogens is 1. The average Bonchev–Trinajstić information content (AvgIpc) is 2.56. The minimum atomic E-state index is -0.564. The van der Waals surface area contributed by atoms with Crippen LogP contribution in [0.5, 0.6) is 0 Å². The van der Waals surface area contributed by atoms with E-state index in [1.54, 1.807) is 6.20 Å². The van der Waals surface area contributed by atoms with Gasteiger partial charge in [-0.3, -0.25) is 19.5 Å². The molecule has 1 aromatic rings. The first-order chi connectivity index (χ1) is 8.45. The molecule has 1 aliphatic rings. The van der Waals surface area contributed by atoms with Gasteiger partial charge in [-0.1, -0.05) is 19.9 Å². The van der Waals surface area contributed by atoms with E-state index in [9.17, 15) is 9.59 Å². The molecule has 18 heavy (non-hydrogen) atoms. The lowest BCUT2D eigenvalue weighted by molar-refractivity contribution is -0.142. The Labute approximate surface area is 107 Å². The molecule has 4 heteroatoms. The van der Waals surface area contributed by atoms with Crippen molar-refractivity contribution in [2.24, 2.45) is 11.3 Å². The maximum atomic E-state index is 12.4. The number of likely N-dealkylation sites (tertiary alicyclic amines) is 1. The van der Waals surface area contributed by atoms with E-state index in [0.717, 1.165) is 5.69 Å². The molecule has 0 spiro atoms. The van der Waals surface area contributed by atoms with Gasteiger partial charge in [-0.05, 0) is 25.0 Å². The van der Waals surface area contributed by atoms with Crippen molar-refractivity contribution >= 4 is 11.8 Å². The van der Waals surface area contributed by atoms with Crippen LogP contribution in [0.15, 0.2) is 24.4 Å². The van der Waals surface area contributed by atoms with Gasteiger partial charge in [0.15, 0.2) is 0 Å². The monoisotopic (exact) mass is 246 g/mol. The molecule has 1 aromatic heterocycles. The summed E-state index contributed by atoms with van der Waals surface area (Å²) >= 11 is 0. The Morgan fingerprint density at radius 3 is 2.61 bits per heavy atom. The van der Waals surface area contributed by atoms with Gasteiger partial charge in [-0.25, -0.2) is 0 Å². The molecule has 1 atom stereocenters. The number of amides is 2. The molecule has 4 nitrogen and oxygen atoms in total. The Balaban J connectivity index is 2.21. The fraction of sp³-hybridized carbons (Fsp3) is 0.500. The van der Waals surface area contributed by atoms with Crippen LogP contribution in [0.3, 0.4) is 0 Å². The van der Waals surface area contributed by atoms with Crippen molar-refractivity contribution < 1.29 is 9.59 Å². The molecule has 1 aliphatic heterocycles. The molecule has 0 N–H and O–H groups in total. The largest absolute Gasteiger partial charge is 0.276 e. The third kappa shape index (κ3) is 2.03. The number of rotatable bonds is 3. The van der Waals surface area contributed by atoms with E-state index < -0.39 is 5.41 Å². The van der Waals surface area contributed by atoms with Crippen LogP contribution in [-0.4, -0.2) is 21.7 Å². The van der Waals surface area contributed by atoms with Gasteiger partial charge >= 0.3 is 0 Å². The summed E-state index contributed by atoms with van der Waals surface area (Å²) in [5.41, 5.74) is 0.179. The summed E-state index contributed by atoms with van der Waals surface area (Å²) in [6.07, 6.45) is 1.97. The molecule has 0 aromatic carbocycles. The quantitative estimate of drug-likeness (QED) is 0.766. The fourth-order valence-corrected chi connectivity index (χ4v) is 2.17. The second kappa shape index (κ2) is 4.52. The summed E-state index contributed by atoms with van der Waals surface area (Å²) in [6.45, 7) is 6.11. The van der Waals surface area contributed by atoms with E-state index >= 15 is 0 Å². The zero-order valence-corrected chi connectivity index (χ0v) is 11.0. The maximum Gasteiger partial charge on any atom is 0.236 e. The van der Waals surface area contributed by atoms with Crippen LogP contribution in [0, 0.1) is 11.3 Å². The number of nitrogens with zero attached hydrogens (tertiary/aromatic N) is 2. The smallest absolute Gasteiger partial charge is 0.236 e. The third-order valence-corrected chi connectivity index (χ3v) is 3.87. The standard InChI is InChI=1S/C14H18N2O2/c1-10(2)14(3)8-12(17)16(13(14)18)9-11-6-4-5-7-15-11/h4-7,10H,8-9H2,1-3H3. The molecule has 2 heterocycles. The van der Waals surface area contributed by atoms with E-state index in [4.69, 9.17) is 0 Å². The zero-order chi connectivity index (χ0) is 13.3. The molecular formula is C14H18N2O2. The Bertz CT molecular complexity index is 470. The summed E-state index contributed by atoms with van der Waals surface area (Å²) in [6, 6.07) is 5.50. The van der Waals surface area contributed by atoms with Gasteiger partial charge < -0.3 is 0 Å². The third-order valence-electron chi connectivity index (χ3n) is 3.87. The highest BCUT2D eigenvalue weighted by Crippen LogP contribution is 2.39. The molecule has 1 unspecified atom stereocenters. The van der Waals surface area contributed by atoms with Crippen molar-refractivity contribution in [2.45, 2.75) is 33.7 Å². The van der Waals surface area contributed by atoms with Crippen molar-refractivity contribution in [3.63, 3.8) is 0 Å². The topological polar surface area (TPSA) is 50.3 Å². The van der Waals surface area contributed by atoms with Crippen LogP contribution in [-0.2, 0) is 16.1 Å². The first-order valence-electron chi connectivity index (χ1n) is 6.20. The Morgan fingerprint density at radius 2 is 2.11 bits per heavy atom. The van der Waals surface area contributed by atoms with Gasteiger partial charge in [-0.15, -0.1) is 0 Å². The second-order valence-corrected chi connectivity index (χ2v) is 5.36. The highest BCUT2D eigenvalue weighted by Gasteiger charge is 2.49. The van der Waals surface area contributed by atoms with Crippen molar-refractivity contribution in [1.29, 1.82) is 0 Å². The number of hydrogen-bond donors (Lipinski definition) is 0. The van der Waals surface area contributed by atoms with Crippen LogP contribution in [0.4, 0.5) is 0 Å². The van der Waals surface area contributed by atoms with Crippen LogP contribution in [0.25, 0.3) is 0 Å². The first-order valence-corrected chi connectivity index (χ1v) is 6.20. The van der Waals surface area contributed by atoms with E-state index in [1.165, 1.54) is 4.90 Å². The van der Waals surface area contributed by atoms with E-state index in [2.05, 4.69) is 4.98 Å². The summed E-state index contributed by atoms with van der Waals surface area (Å²) in [5, 5.41) is 0. The number of carbonyl (C=O) groups excluding carboxylic acids is 2. The van der Waals surface area contributed by atoms with Crippen molar-refractivity contribution in [3.8, 4) is 0 Å². The normalized spacial score (nSPS) is 24.1. The summed E-state index contributed by atoms with van der Waals surface area (Å²) in [7, 11) is 0. The predicted molar refractivity (Wildman–Crippen MR) is 67.4 cm³/mol. The number of imide groups is 1. The molecule has 1 fully saturated rings. The highest BCUT2D eigenvalue weighted by molar-refractivity contribution is 6.05. The van der Waals surface area contributed by atoms with Gasteiger partial charge in [0.25, 0.3) is 0 Å². The van der Waals surface area contributed by atoms with Crippen molar-refractivity contribution in [1.82, 2.24) is 9.88 Å². The van der Waals surface area contributed by atoms with Crippen molar-refractivity contribution in [3.05, 3.63) is 30.1 Å². The zero-order valence-electron chi connectivity index (χ0n) is 11.0. The Hall–Kier alpha value is -1.71. The second-order valence-electron chi connectivity index (χ2n) is 5.36. The molecule has 0 bridgehead atoms. The molecule has 0 saturated carbocycles. The summed E-state index contributed by atoms with van der Waals surface area (Å²) < 4.78 is 0. The number of hydrogen-bond acceptors (Lipinski definition) is 3. The van der Waals surface area contributed by atoms with Crippen LogP contribution in [0.2, 0.25) is 0 Å². The molecule has 96 valence electrons. The van der Waals surface area contributed by atoms with Gasteiger partial charge in [0, 0.05) is 12.6 Å². The van der Waals surface area contributed by atoms with E-state index in [-0.39, 0.29) is 24.3 Å². The molecule has 1 saturated heterocycles. The molecule has 0 aliphatic carbocycles. The molecule has 0 radical (unpaired) electrons. The predicted octanol–water partition coefficient (Wildman–Crippen LogP) is 2.00. The lowest BCUT2D eigenvalue weighted by Gasteiger charge is -2.25. The average molecular weight is 246 g/mol. The maximum absolute atomic E-state index is 12.4. The minimum absolute atomic E-state index is 0.0758. The molecule has 2 rings (SSSR count). The van der Waals surface area contributed by atoms with Crippen LogP contribution >= 0.6 is 0 Å². The molecule has 2 amide bonds. The SMILES string of the molecule is CC(C)C1(C)CC(=O)N(Cc2ccccn2)C1=O. The lowest BCUT2D eigenvalue weighted by atomic mass is 9.78. The van der Waals surface area contributed by atoms with Gasteiger partial charge in [-0.2, -0.15) is 0 Å². The van der Waals surface area contributed by atoms with Crippen molar-refractivity contribution in [2.75, 3.05) is 0 Å². The lowest BCUT2D eigenvalue weighted by Crippen LogP contribution is -2.36. The van der Waals surface area contributed by atoms with E-state index in [0.29, 0.717) is 6.42 Å². The summed E-state index contributed by atoms with van der Waals surface area (Å²) in [4.78, 5) is 29.8. The van der Waals surface area contributed by atoms with Crippen LogP contribution < -0.4 is 0 Å². The van der Waals surface area contributed by atoms with Gasteiger partial charge in [0.2, 0.25) is 11.8 Å². The summed E-state index contributed by atoms with van der Waals surface area (Å²) in [5.74, 6) is -0.0160. The van der Waals surface area contributed by atoms with Crippen LogP contribution in [0.1, 0.15) is 32.9 Å². The molecular weight excluding hydrogens is 228 g/mol. The van der Waals surface area contributed by atoms with E-state index in [1.807, 2.05) is 39.0 Å². The van der Waals surface area contributed by atoms with Gasteiger partial charge in [0.1, 0.15) is 0 Å². The minimum Gasteiger partial charge on any atom is -0.276 e. The van der Waals surface area contributed by atoms with Gasteiger partial charge in [0.05, 0.1) is 17.7 Å². The Kier molecular flexibility index (Phi) is 3.20.